The zero-order valence-electron chi connectivity index (χ0n) is 14.0. The van der Waals surface area contributed by atoms with Gasteiger partial charge in [-0.3, -0.25) is 9.63 Å². The molecule has 1 N–H and O–H groups in total. The molecule has 0 aromatic heterocycles. The van der Waals surface area contributed by atoms with Crippen LogP contribution in [0.15, 0.2) is 47.4 Å². The molecule has 0 saturated carbocycles. The van der Waals surface area contributed by atoms with Crippen molar-refractivity contribution in [2.75, 3.05) is 19.5 Å². The van der Waals surface area contributed by atoms with E-state index >= 15 is 0 Å². The van der Waals surface area contributed by atoms with Gasteiger partial charge in [0.1, 0.15) is 0 Å². The van der Waals surface area contributed by atoms with Gasteiger partial charge in [0.2, 0.25) is 0 Å². The lowest BCUT2D eigenvalue weighted by molar-refractivity contribution is -0.0258. The van der Waals surface area contributed by atoms with Crippen LogP contribution < -0.4 is 5.32 Å². The van der Waals surface area contributed by atoms with Crippen molar-refractivity contribution >= 4 is 21.6 Å². The number of hydrogen-bond acceptors (Lipinski definition) is 4. The number of hydroxylamine groups is 1. The van der Waals surface area contributed by atoms with E-state index in [2.05, 4.69) is 5.32 Å². The Morgan fingerprint density at radius 2 is 1.71 bits per heavy atom. The summed E-state index contributed by atoms with van der Waals surface area (Å²) in [5.41, 5.74) is 3.18. The van der Waals surface area contributed by atoms with E-state index in [1.165, 1.54) is 38.4 Å². The summed E-state index contributed by atoms with van der Waals surface area (Å²) in [6, 6.07) is 11.4. The van der Waals surface area contributed by atoms with Gasteiger partial charge >= 0.3 is 0 Å². The quantitative estimate of drug-likeness (QED) is 0.843. The number of anilines is 1. The van der Waals surface area contributed by atoms with E-state index in [9.17, 15) is 13.2 Å². The van der Waals surface area contributed by atoms with E-state index < -0.39 is 10.0 Å². The third-order valence-electron chi connectivity index (χ3n) is 3.86. The Kier molecular flexibility index (Phi) is 5.38. The van der Waals surface area contributed by atoms with Gasteiger partial charge in [0.15, 0.2) is 0 Å². The highest BCUT2D eigenvalue weighted by Crippen LogP contribution is 2.20. The standard InChI is InChI=1S/C17H20N2O4S/c1-12-6-5-7-16(13(12)2)18-17(20)14-8-10-15(11-9-14)24(21,22)19(3)23-4/h5-11H,1-4H3,(H,18,20). The van der Waals surface area contributed by atoms with Gasteiger partial charge in [-0.05, 0) is 55.3 Å². The molecule has 128 valence electrons. The first-order chi connectivity index (χ1) is 11.3. The molecule has 24 heavy (non-hydrogen) atoms. The van der Waals surface area contributed by atoms with Gasteiger partial charge in [-0.25, -0.2) is 8.42 Å². The summed E-state index contributed by atoms with van der Waals surface area (Å²) in [4.78, 5) is 17.1. The van der Waals surface area contributed by atoms with E-state index in [-0.39, 0.29) is 10.8 Å². The van der Waals surface area contributed by atoms with Crippen LogP contribution in [0.25, 0.3) is 0 Å². The Morgan fingerprint density at radius 3 is 2.29 bits per heavy atom. The first kappa shape index (κ1) is 18.1. The number of carbonyl (C=O) groups is 1. The first-order valence-electron chi connectivity index (χ1n) is 7.28. The molecule has 2 rings (SSSR count). The average Bonchev–Trinajstić information content (AvgIpc) is 2.58. The largest absolute Gasteiger partial charge is 0.322 e. The van der Waals surface area contributed by atoms with Crippen molar-refractivity contribution in [3.05, 3.63) is 59.2 Å². The normalized spacial score (nSPS) is 11.5. The third-order valence-corrected chi connectivity index (χ3v) is 5.56. The molecule has 6 nitrogen and oxygen atoms in total. The van der Waals surface area contributed by atoms with Crippen molar-refractivity contribution < 1.29 is 18.0 Å². The minimum absolute atomic E-state index is 0.0511. The second-order valence-corrected chi connectivity index (χ2v) is 7.26. The topological polar surface area (TPSA) is 75.7 Å². The third kappa shape index (κ3) is 3.64. The lowest BCUT2D eigenvalue weighted by atomic mass is 10.1. The molecule has 0 saturated heterocycles. The average molecular weight is 348 g/mol. The summed E-state index contributed by atoms with van der Waals surface area (Å²) < 4.78 is 25.0. The monoisotopic (exact) mass is 348 g/mol. The van der Waals surface area contributed by atoms with Gasteiger partial charge in [-0.15, -0.1) is 0 Å². The highest BCUT2D eigenvalue weighted by Gasteiger charge is 2.21. The lowest BCUT2D eigenvalue weighted by Crippen LogP contribution is -2.25. The van der Waals surface area contributed by atoms with Crippen molar-refractivity contribution in [1.82, 2.24) is 4.47 Å². The number of sulfonamides is 1. The molecule has 0 bridgehead atoms. The SMILES string of the molecule is CON(C)S(=O)(=O)c1ccc(C(=O)Nc2cccc(C)c2C)cc1. The van der Waals surface area contributed by atoms with E-state index in [4.69, 9.17) is 4.84 Å². The van der Waals surface area contributed by atoms with Crippen LogP contribution in [-0.2, 0) is 14.9 Å². The van der Waals surface area contributed by atoms with Crippen LogP contribution >= 0.6 is 0 Å². The molecule has 0 spiro atoms. The van der Waals surface area contributed by atoms with E-state index in [0.29, 0.717) is 5.56 Å². The zero-order valence-corrected chi connectivity index (χ0v) is 14.8. The minimum atomic E-state index is -3.72. The maximum atomic E-state index is 12.3. The number of nitrogens with zero attached hydrogens (tertiary/aromatic N) is 1. The van der Waals surface area contributed by atoms with Crippen LogP contribution in [0, 0.1) is 13.8 Å². The summed E-state index contributed by atoms with van der Waals surface area (Å²) in [7, 11) is -1.15. The number of amides is 1. The molecule has 0 fully saturated rings. The van der Waals surface area contributed by atoms with Crippen LogP contribution in [0.4, 0.5) is 5.69 Å². The summed E-state index contributed by atoms with van der Waals surface area (Å²) in [5, 5.41) is 2.84. The predicted octanol–water partition coefficient (Wildman–Crippen LogP) is 2.74. The summed E-state index contributed by atoms with van der Waals surface area (Å²) >= 11 is 0. The highest BCUT2D eigenvalue weighted by atomic mass is 32.2. The second-order valence-electron chi connectivity index (χ2n) is 5.32. The Hall–Kier alpha value is -2.22. The van der Waals surface area contributed by atoms with Crippen LogP contribution in [-0.4, -0.2) is 33.0 Å². The molecule has 2 aromatic carbocycles. The summed E-state index contributed by atoms with van der Waals surface area (Å²) in [5.74, 6) is -0.298. The fourth-order valence-corrected chi connectivity index (χ4v) is 3.08. The van der Waals surface area contributed by atoms with Gasteiger partial charge in [-0.1, -0.05) is 16.6 Å². The molecular weight excluding hydrogens is 328 g/mol. The minimum Gasteiger partial charge on any atom is -0.322 e. The molecule has 2 aromatic rings. The smallest absolute Gasteiger partial charge is 0.264 e. The van der Waals surface area contributed by atoms with Crippen LogP contribution in [0.1, 0.15) is 21.5 Å². The Balaban J connectivity index is 2.22. The Morgan fingerprint density at radius 1 is 1.08 bits per heavy atom. The van der Waals surface area contributed by atoms with E-state index in [0.717, 1.165) is 21.3 Å². The zero-order chi connectivity index (χ0) is 17.9. The molecule has 0 unspecified atom stereocenters. The predicted molar refractivity (Wildman–Crippen MR) is 92.3 cm³/mol. The van der Waals surface area contributed by atoms with Crippen LogP contribution in [0.2, 0.25) is 0 Å². The Labute approximate surface area is 142 Å². The number of nitrogens with one attached hydrogen (secondary N) is 1. The highest BCUT2D eigenvalue weighted by molar-refractivity contribution is 7.89. The fourth-order valence-electron chi connectivity index (χ4n) is 2.11. The van der Waals surface area contributed by atoms with Crippen molar-refractivity contribution in [2.45, 2.75) is 18.7 Å². The maximum absolute atomic E-state index is 12.3. The molecule has 0 aliphatic carbocycles. The number of aryl methyl sites for hydroxylation is 1. The lowest BCUT2D eigenvalue weighted by Gasteiger charge is -2.14. The van der Waals surface area contributed by atoms with Crippen molar-refractivity contribution in [3.63, 3.8) is 0 Å². The number of rotatable bonds is 5. The van der Waals surface area contributed by atoms with Gasteiger partial charge in [0, 0.05) is 18.3 Å². The number of benzene rings is 2. The fraction of sp³-hybridized carbons (Fsp3) is 0.235. The molecule has 7 heteroatoms. The van der Waals surface area contributed by atoms with Crippen molar-refractivity contribution in [1.29, 1.82) is 0 Å². The number of hydrogen-bond donors (Lipinski definition) is 1. The van der Waals surface area contributed by atoms with Crippen molar-refractivity contribution in [2.24, 2.45) is 0 Å². The molecular formula is C17H20N2O4S. The molecule has 0 atom stereocenters. The first-order valence-corrected chi connectivity index (χ1v) is 8.72. The molecule has 0 aliphatic heterocycles. The number of carbonyl (C=O) groups excluding carboxylic acids is 1. The summed E-state index contributed by atoms with van der Waals surface area (Å²) in [6.45, 7) is 3.90. The second kappa shape index (κ2) is 7.12. The van der Waals surface area contributed by atoms with Crippen LogP contribution in [0.3, 0.4) is 0 Å². The Bertz CT molecular complexity index is 845. The van der Waals surface area contributed by atoms with Crippen LogP contribution in [0.5, 0.6) is 0 Å². The van der Waals surface area contributed by atoms with Gasteiger partial charge < -0.3 is 5.32 Å². The molecule has 0 heterocycles. The van der Waals surface area contributed by atoms with Gasteiger partial charge in [0.05, 0.1) is 12.0 Å². The molecule has 1 amide bonds. The molecule has 0 aliphatic rings. The van der Waals surface area contributed by atoms with Gasteiger partial charge in [-0.2, -0.15) is 0 Å². The molecule has 0 radical (unpaired) electrons. The van der Waals surface area contributed by atoms with E-state index in [1.54, 1.807) is 0 Å². The van der Waals surface area contributed by atoms with Gasteiger partial charge in [0.25, 0.3) is 15.9 Å². The summed E-state index contributed by atoms with van der Waals surface area (Å²) in [6.07, 6.45) is 0. The maximum Gasteiger partial charge on any atom is 0.264 e. The van der Waals surface area contributed by atoms with Crippen molar-refractivity contribution in [3.8, 4) is 0 Å². The van der Waals surface area contributed by atoms with E-state index in [1.807, 2.05) is 32.0 Å².